The largest absolute Gasteiger partial charge is 0.508 e. The topological polar surface area (TPSA) is 82.0 Å². The van der Waals surface area contributed by atoms with Gasteiger partial charge in [-0.3, -0.25) is 4.79 Å². The van der Waals surface area contributed by atoms with Crippen molar-refractivity contribution >= 4 is 18.2 Å². The molecular formula is C15H17N3O3. The minimum absolute atomic E-state index is 0.111. The van der Waals surface area contributed by atoms with Crippen LogP contribution in [-0.4, -0.2) is 33.8 Å². The molecule has 1 aromatic rings. The van der Waals surface area contributed by atoms with Crippen molar-refractivity contribution in [1.82, 2.24) is 10.3 Å². The summed E-state index contributed by atoms with van der Waals surface area (Å²) in [5, 5.41) is 17.1. The van der Waals surface area contributed by atoms with Crippen LogP contribution in [0.3, 0.4) is 0 Å². The van der Waals surface area contributed by atoms with Gasteiger partial charge in [0.15, 0.2) is 0 Å². The number of nitrogens with one attached hydrogen (secondary N) is 1. The zero-order valence-corrected chi connectivity index (χ0v) is 11.6. The second-order valence-corrected chi connectivity index (χ2v) is 5.53. The predicted octanol–water partition coefficient (Wildman–Crippen LogP) is 1.98. The number of aromatic hydroxyl groups is 1. The minimum Gasteiger partial charge on any atom is -0.508 e. The van der Waals surface area contributed by atoms with Gasteiger partial charge in [0.25, 0.3) is 5.91 Å². The van der Waals surface area contributed by atoms with Crippen molar-refractivity contribution in [2.75, 3.05) is 0 Å². The Labute approximate surface area is 122 Å². The molecule has 1 heterocycles. The fraction of sp³-hybridized carbons (Fsp3) is 0.400. The van der Waals surface area contributed by atoms with Crippen molar-refractivity contribution in [3.63, 3.8) is 0 Å². The number of amides is 3. The molecule has 0 bridgehead atoms. The van der Waals surface area contributed by atoms with Gasteiger partial charge in [0, 0.05) is 0 Å². The van der Waals surface area contributed by atoms with Gasteiger partial charge in [-0.25, -0.2) is 4.79 Å². The summed E-state index contributed by atoms with van der Waals surface area (Å²) < 4.78 is 0. The molecule has 0 atom stereocenters. The number of carbonyl (C=O) groups excluding carboxylic acids is 2. The van der Waals surface area contributed by atoms with E-state index < -0.39 is 11.6 Å². The summed E-state index contributed by atoms with van der Waals surface area (Å²) in [6, 6.07) is 5.99. The van der Waals surface area contributed by atoms with E-state index in [0.717, 1.165) is 24.3 Å². The van der Waals surface area contributed by atoms with Crippen molar-refractivity contribution < 1.29 is 14.7 Å². The Morgan fingerprint density at radius 1 is 1.24 bits per heavy atom. The quantitative estimate of drug-likeness (QED) is 0.644. The van der Waals surface area contributed by atoms with Crippen LogP contribution in [0, 0.1) is 0 Å². The van der Waals surface area contributed by atoms with Crippen LogP contribution in [0.15, 0.2) is 29.4 Å². The number of benzene rings is 1. The number of rotatable bonds is 2. The molecule has 0 aromatic heterocycles. The molecule has 3 amide bonds. The number of carbonyl (C=O) groups is 2. The van der Waals surface area contributed by atoms with E-state index in [4.69, 9.17) is 0 Å². The Morgan fingerprint density at radius 2 is 2.00 bits per heavy atom. The van der Waals surface area contributed by atoms with E-state index in [0.29, 0.717) is 18.4 Å². The van der Waals surface area contributed by atoms with E-state index in [1.165, 1.54) is 12.3 Å². The van der Waals surface area contributed by atoms with Gasteiger partial charge < -0.3 is 10.4 Å². The fourth-order valence-electron chi connectivity index (χ4n) is 2.93. The van der Waals surface area contributed by atoms with Crippen molar-refractivity contribution in [2.24, 2.45) is 5.10 Å². The van der Waals surface area contributed by atoms with Gasteiger partial charge in [0.2, 0.25) is 0 Å². The van der Waals surface area contributed by atoms with Gasteiger partial charge in [0.05, 0.1) is 6.21 Å². The van der Waals surface area contributed by atoms with E-state index in [1.54, 1.807) is 18.2 Å². The first-order chi connectivity index (χ1) is 10.1. The molecule has 1 aromatic carbocycles. The van der Waals surface area contributed by atoms with Crippen LogP contribution in [0.4, 0.5) is 4.79 Å². The van der Waals surface area contributed by atoms with E-state index in [9.17, 15) is 14.7 Å². The molecule has 1 aliphatic heterocycles. The van der Waals surface area contributed by atoms with Crippen molar-refractivity contribution in [3.8, 4) is 5.75 Å². The monoisotopic (exact) mass is 287 g/mol. The summed E-state index contributed by atoms with van der Waals surface area (Å²) in [6.07, 6.45) is 5.73. The number of hydrazone groups is 1. The molecule has 2 N–H and O–H groups in total. The third-order valence-corrected chi connectivity index (χ3v) is 4.04. The number of hydrogen-bond acceptors (Lipinski definition) is 4. The molecule has 6 nitrogen and oxygen atoms in total. The van der Waals surface area contributed by atoms with E-state index >= 15 is 0 Å². The Hall–Kier alpha value is -2.37. The lowest BCUT2D eigenvalue weighted by Gasteiger charge is -2.29. The van der Waals surface area contributed by atoms with Crippen LogP contribution < -0.4 is 5.32 Å². The molecule has 1 saturated carbocycles. The Bertz CT molecular complexity index is 606. The summed E-state index contributed by atoms with van der Waals surface area (Å²) in [7, 11) is 0. The average Bonchev–Trinajstić information content (AvgIpc) is 2.69. The van der Waals surface area contributed by atoms with Crippen LogP contribution in [0.25, 0.3) is 0 Å². The van der Waals surface area contributed by atoms with Crippen LogP contribution in [0.1, 0.15) is 37.7 Å². The average molecular weight is 287 g/mol. The van der Waals surface area contributed by atoms with Crippen molar-refractivity contribution in [2.45, 2.75) is 37.6 Å². The molecule has 0 unspecified atom stereocenters. The van der Waals surface area contributed by atoms with Crippen molar-refractivity contribution in [3.05, 3.63) is 29.8 Å². The number of phenolic OH excluding ortho intramolecular Hbond substituents is 1. The third-order valence-electron chi connectivity index (χ3n) is 4.04. The highest BCUT2D eigenvalue weighted by Gasteiger charge is 2.51. The Kier molecular flexibility index (Phi) is 3.37. The van der Waals surface area contributed by atoms with Gasteiger partial charge >= 0.3 is 6.03 Å². The highest BCUT2D eigenvalue weighted by molar-refractivity contribution is 6.07. The molecule has 0 radical (unpaired) electrons. The minimum atomic E-state index is -0.758. The van der Waals surface area contributed by atoms with Crippen LogP contribution >= 0.6 is 0 Å². The van der Waals surface area contributed by atoms with Gasteiger partial charge in [-0.05, 0) is 30.5 Å². The Morgan fingerprint density at radius 3 is 2.71 bits per heavy atom. The molecule has 3 rings (SSSR count). The van der Waals surface area contributed by atoms with Crippen LogP contribution in [0.5, 0.6) is 5.75 Å². The number of hydrogen-bond donors (Lipinski definition) is 2. The molecule has 2 aliphatic rings. The summed E-state index contributed by atoms with van der Waals surface area (Å²) in [4.78, 5) is 24.4. The molecule has 1 aliphatic carbocycles. The predicted molar refractivity (Wildman–Crippen MR) is 76.9 cm³/mol. The lowest BCUT2D eigenvalue weighted by Crippen LogP contribution is -2.48. The number of phenols is 1. The highest BCUT2D eigenvalue weighted by Crippen LogP contribution is 2.33. The van der Waals surface area contributed by atoms with E-state index in [-0.39, 0.29) is 11.7 Å². The van der Waals surface area contributed by atoms with Gasteiger partial charge in [-0.15, -0.1) is 5.01 Å². The zero-order chi connectivity index (χ0) is 14.9. The highest BCUT2D eigenvalue weighted by atomic mass is 16.3. The molecule has 1 spiro atoms. The summed E-state index contributed by atoms with van der Waals surface area (Å²) >= 11 is 0. The van der Waals surface area contributed by atoms with Gasteiger partial charge in [-0.1, -0.05) is 31.4 Å². The number of urea groups is 1. The third kappa shape index (κ3) is 2.49. The van der Waals surface area contributed by atoms with Crippen LogP contribution in [-0.2, 0) is 4.79 Å². The normalized spacial score (nSPS) is 21.2. The number of nitrogens with zero attached hydrogens (tertiary/aromatic N) is 2. The molecule has 21 heavy (non-hydrogen) atoms. The molecular weight excluding hydrogens is 270 g/mol. The van der Waals surface area contributed by atoms with Gasteiger partial charge in [0.1, 0.15) is 11.3 Å². The maximum atomic E-state index is 12.5. The lowest BCUT2D eigenvalue weighted by atomic mass is 9.82. The van der Waals surface area contributed by atoms with E-state index in [2.05, 4.69) is 10.4 Å². The zero-order valence-electron chi connectivity index (χ0n) is 11.6. The van der Waals surface area contributed by atoms with Crippen LogP contribution in [0.2, 0.25) is 0 Å². The van der Waals surface area contributed by atoms with Crippen molar-refractivity contribution in [1.29, 1.82) is 0 Å². The Balaban J connectivity index is 1.79. The molecule has 2 fully saturated rings. The first kappa shape index (κ1) is 13.6. The second kappa shape index (κ2) is 5.20. The van der Waals surface area contributed by atoms with Gasteiger partial charge in [-0.2, -0.15) is 5.10 Å². The molecule has 6 heteroatoms. The SMILES string of the molecule is O=C1NC2(CCCCC2)C(=O)N1/N=C\c1cccc(O)c1. The standard InChI is InChI=1S/C15H17N3O3/c19-12-6-4-5-11(9-12)10-16-18-13(20)15(17-14(18)21)7-2-1-3-8-15/h4-6,9-10,19H,1-3,7-8H2,(H,17,21)/b16-10-. The maximum absolute atomic E-state index is 12.5. The summed E-state index contributed by atoms with van der Waals surface area (Å²) in [5.74, 6) is -0.163. The lowest BCUT2D eigenvalue weighted by molar-refractivity contribution is -0.132. The first-order valence-corrected chi connectivity index (χ1v) is 7.10. The smallest absolute Gasteiger partial charge is 0.346 e. The maximum Gasteiger partial charge on any atom is 0.346 e. The summed E-state index contributed by atoms with van der Waals surface area (Å²) in [5.41, 5.74) is -0.133. The molecule has 110 valence electrons. The fourth-order valence-corrected chi connectivity index (χ4v) is 2.93. The molecule has 1 saturated heterocycles. The first-order valence-electron chi connectivity index (χ1n) is 7.10. The summed E-state index contributed by atoms with van der Waals surface area (Å²) in [6.45, 7) is 0. The number of imide groups is 1. The van der Waals surface area contributed by atoms with E-state index in [1.807, 2.05) is 0 Å². The second-order valence-electron chi connectivity index (χ2n) is 5.53.